The Hall–Kier alpha value is -6.00. The Morgan fingerprint density at radius 1 is 0.423 bits per heavy atom. The number of aryl methyl sites for hydroxylation is 6. The zero-order chi connectivity index (χ0) is 75.9. The smallest absolute Gasteiger partial charge is 0.0933 e. The van der Waals surface area contributed by atoms with Crippen molar-refractivity contribution in [3.8, 4) is 33.8 Å². The van der Waals surface area contributed by atoms with Crippen LogP contribution >= 0.6 is 0 Å². The molecule has 0 aliphatic rings. The van der Waals surface area contributed by atoms with E-state index in [-0.39, 0.29) is 89.4 Å². The van der Waals surface area contributed by atoms with E-state index in [0.717, 1.165) is 65.0 Å². The fourth-order valence-electron chi connectivity index (χ4n) is 11.7. The Kier molecular flexibility index (Phi) is 42.7. The van der Waals surface area contributed by atoms with Crippen LogP contribution < -0.4 is 0 Å². The summed E-state index contributed by atoms with van der Waals surface area (Å²) in [4.78, 5) is 14.4. The summed E-state index contributed by atoms with van der Waals surface area (Å²) < 4.78 is 0. The van der Waals surface area contributed by atoms with Crippen molar-refractivity contribution >= 4 is 32.3 Å². The molecule has 3 heterocycles. The molecular formula is C92H124Ir3N3O6-3. The van der Waals surface area contributed by atoms with Crippen LogP contribution in [0.3, 0.4) is 0 Å². The van der Waals surface area contributed by atoms with Gasteiger partial charge in [-0.2, -0.15) is 0 Å². The van der Waals surface area contributed by atoms with Crippen LogP contribution in [-0.2, 0) is 86.0 Å². The fourth-order valence-corrected chi connectivity index (χ4v) is 11.7. The van der Waals surface area contributed by atoms with Gasteiger partial charge in [-0.15, -0.1) is 105 Å². The Morgan fingerprint density at radius 2 is 0.933 bits per heavy atom. The number of rotatable bonds is 18. The number of allylic oxidation sites excluding steroid dienone is 3. The van der Waals surface area contributed by atoms with E-state index in [1.807, 2.05) is 40.1 Å². The molecule has 3 radical (unpaired) electrons. The summed E-state index contributed by atoms with van der Waals surface area (Å²) in [5.74, 6) is 3.75. The first-order valence-corrected chi connectivity index (χ1v) is 37.0. The minimum Gasteiger partial charge on any atom is -0.513 e. The number of aliphatic hydroxyl groups is 6. The molecule has 0 saturated carbocycles. The van der Waals surface area contributed by atoms with Crippen molar-refractivity contribution in [2.75, 3.05) is 0 Å². The van der Waals surface area contributed by atoms with Gasteiger partial charge in [0, 0.05) is 84.8 Å². The first-order valence-electron chi connectivity index (χ1n) is 37.0. The van der Waals surface area contributed by atoms with Crippen molar-refractivity contribution in [1.82, 2.24) is 15.0 Å². The molecule has 6 aromatic carbocycles. The van der Waals surface area contributed by atoms with Crippen LogP contribution in [0.25, 0.3) is 66.1 Å². The molecule has 9 rings (SSSR count). The van der Waals surface area contributed by atoms with Crippen LogP contribution in [0.1, 0.15) is 268 Å². The molecule has 0 fully saturated rings. The molecule has 0 bridgehead atoms. The maximum Gasteiger partial charge on any atom is 0.0933 e. The van der Waals surface area contributed by atoms with Gasteiger partial charge in [0.1, 0.15) is 0 Å². The van der Waals surface area contributed by atoms with Gasteiger partial charge in [-0.25, -0.2) is 0 Å². The summed E-state index contributed by atoms with van der Waals surface area (Å²) in [6, 6.07) is 44.7. The second-order valence-corrected chi connectivity index (χ2v) is 29.6. The van der Waals surface area contributed by atoms with Crippen molar-refractivity contribution in [3.63, 3.8) is 0 Å². The van der Waals surface area contributed by atoms with Gasteiger partial charge in [0.25, 0.3) is 0 Å². The average molecular weight is 1940 g/mol. The minimum absolute atomic E-state index is 0. The van der Waals surface area contributed by atoms with Crippen molar-refractivity contribution in [3.05, 3.63) is 230 Å². The number of hydrogen-bond donors (Lipinski definition) is 6. The normalized spacial score (nSPS) is 12.5. The maximum atomic E-state index is 9.31. The van der Waals surface area contributed by atoms with Gasteiger partial charge in [-0.3, -0.25) is 0 Å². The van der Waals surface area contributed by atoms with E-state index in [1.165, 1.54) is 126 Å². The van der Waals surface area contributed by atoms with Gasteiger partial charge in [0.05, 0.1) is 35.6 Å². The van der Waals surface area contributed by atoms with Crippen molar-refractivity contribution in [2.24, 2.45) is 11.8 Å². The summed E-state index contributed by atoms with van der Waals surface area (Å²) in [6.07, 6.45) is 12.7. The second kappa shape index (κ2) is 46.3. The molecule has 0 amide bonds. The van der Waals surface area contributed by atoms with E-state index in [4.69, 9.17) is 30.4 Å². The third-order valence-corrected chi connectivity index (χ3v) is 17.8. The summed E-state index contributed by atoms with van der Waals surface area (Å²) in [5, 5.41) is 60.0. The molecule has 3 unspecified atom stereocenters. The maximum absolute atomic E-state index is 9.31. The Bertz CT molecular complexity index is 4120. The van der Waals surface area contributed by atoms with Gasteiger partial charge in [0.15, 0.2) is 0 Å². The van der Waals surface area contributed by atoms with E-state index in [9.17, 15) is 10.2 Å². The van der Waals surface area contributed by atoms with Gasteiger partial charge in [0.2, 0.25) is 0 Å². The number of fused-ring (bicyclic) bond motifs is 3. The summed E-state index contributed by atoms with van der Waals surface area (Å²) in [7, 11) is 0. The Morgan fingerprint density at radius 3 is 1.40 bits per heavy atom. The average Bonchev–Trinajstić information content (AvgIpc) is 0.772. The molecule has 0 aliphatic carbocycles. The fraction of sp³-hybridized carbons (Fsp3) is 0.446. The van der Waals surface area contributed by atoms with Crippen LogP contribution in [0.15, 0.2) is 145 Å². The van der Waals surface area contributed by atoms with Crippen molar-refractivity contribution in [2.45, 2.75) is 260 Å². The van der Waals surface area contributed by atoms with E-state index < -0.39 is 18.3 Å². The van der Waals surface area contributed by atoms with Crippen molar-refractivity contribution in [1.29, 1.82) is 0 Å². The molecule has 9 aromatic rings. The SMILES string of the molecule is CC(C)C(O)=CC(O)C(C)C.CC(C)c1[c-]c(-c2ncc(C(C)C)c3cc(C(C)C)ccc23)cc(C(C)C)c1.CC(O)=CC(C)O.CC(O)=CC(C)O.CCc1[c-]c(-c2nccc3c(C(C)C)cc(C(C)C)cc23)cc(CC)c1.CCc1cc2ccnc(-c3[c-]c(C)cc(C)c3)c2cc1CC.[Ir].[Ir].[Ir]. The number of aromatic nitrogens is 3. The van der Waals surface area contributed by atoms with Crippen LogP contribution in [0.5, 0.6) is 0 Å². The monoisotopic (exact) mass is 1950 g/mol. The topological polar surface area (TPSA) is 160 Å². The molecule has 3 atom stereocenters. The molecular weight excluding hydrogens is 1820 g/mol. The van der Waals surface area contributed by atoms with E-state index in [1.54, 1.807) is 13.8 Å². The number of hydrogen-bond acceptors (Lipinski definition) is 9. The molecule has 573 valence electrons. The van der Waals surface area contributed by atoms with Crippen LogP contribution in [0.2, 0.25) is 0 Å². The molecule has 0 spiro atoms. The van der Waals surface area contributed by atoms with Crippen LogP contribution in [0.4, 0.5) is 0 Å². The largest absolute Gasteiger partial charge is 0.513 e. The quantitative estimate of drug-likeness (QED) is 0.0363. The third kappa shape index (κ3) is 29.3. The van der Waals surface area contributed by atoms with Crippen LogP contribution in [-0.4, -0.2) is 63.9 Å². The van der Waals surface area contributed by atoms with E-state index in [2.05, 4.69) is 245 Å². The predicted molar refractivity (Wildman–Crippen MR) is 432 cm³/mol. The van der Waals surface area contributed by atoms with Crippen LogP contribution in [0, 0.1) is 43.9 Å². The molecule has 12 heteroatoms. The van der Waals surface area contributed by atoms with Gasteiger partial charge < -0.3 is 45.6 Å². The van der Waals surface area contributed by atoms with Gasteiger partial charge in [-0.1, -0.05) is 195 Å². The molecule has 9 nitrogen and oxygen atoms in total. The standard InChI is InChI=1S/C27H34N.C25H30N.C21H22N.C9H18O2.2C5H10O2.3Ir/c1-16(2)20-9-10-24-25(14-20)26(19(7)8)15-28-27(24)23-12-21(17(3)4)11-22(13-23)18(5)6;1-7-18-11-19(8-2)13-21(12-18)25-24-15-20(16(3)4)14-23(17(5)6)22(24)9-10-26-25;1-5-16-12-18-7-8-22-21(20(18)13-17(16)6-2)19-10-14(3)9-15(4)11-19;1-6(2)8(10)5-9(11)7(3)4;2*1-4(6)3-5(2)7;;;/h9-12,14-19H,1-8H3;9-12,14-17H,7-8H2,1-6H3;7-10,12-13H,5-6H2,1-4H3;5-8,10-11H,1-4H3;2*3-4,6-7H,1-2H3;;;/q3*-1;;;;;;. The number of benzene rings is 6. The third-order valence-electron chi connectivity index (χ3n) is 17.8. The molecule has 6 N–H and O–H groups in total. The van der Waals surface area contributed by atoms with Gasteiger partial charge in [-0.05, 0) is 208 Å². The molecule has 104 heavy (non-hydrogen) atoms. The zero-order valence-electron chi connectivity index (χ0n) is 67.3. The number of pyridine rings is 3. The molecule has 0 saturated heterocycles. The number of nitrogens with zero attached hydrogens (tertiary/aromatic N) is 3. The summed E-state index contributed by atoms with van der Waals surface area (Å²) >= 11 is 0. The Balaban J connectivity index is 0.000000664. The Labute approximate surface area is 668 Å². The summed E-state index contributed by atoms with van der Waals surface area (Å²) in [6.45, 7) is 54.0. The second-order valence-electron chi connectivity index (χ2n) is 29.6. The van der Waals surface area contributed by atoms with E-state index in [0.29, 0.717) is 35.5 Å². The summed E-state index contributed by atoms with van der Waals surface area (Å²) in [5.41, 5.74) is 22.5. The minimum atomic E-state index is -0.537. The zero-order valence-corrected chi connectivity index (χ0v) is 74.5. The molecule has 3 aromatic heterocycles. The first kappa shape index (κ1) is 96.0. The first-order chi connectivity index (χ1) is 47.4. The predicted octanol–water partition coefficient (Wildman–Crippen LogP) is 24.5. The molecule has 0 aliphatic heterocycles. The van der Waals surface area contributed by atoms with Gasteiger partial charge >= 0.3 is 0 Å². The number of aliphatic hydroxyl groups excluding tert-OH is 6. The van der Waals surface area contributed by atoms with E-state index >= 15 is 0 Å². The van der Waals surface area contributed by atoms with Crippen molar-refractivity contribution < 1.29 is 91.0 Å².